The quantitative estimate of drug-likeness (QED) is 0.701. The van der Waals surface area contributed by atoms with Crippen LogP contribution in [0.2, 0.25) is 0 Å². The molecule has 2 bridgehead atoms. The fourth-order valence-electron chi connectivity index (χ4n) is 4.80. The van der Waals surface area contributed by atoms with E-state index in [0.29, 0.717) is 23.0 Å². The van der Waals surface area contributed by atoms with Gasteiger partial charge in [0.05, 0.1) is 11.6 Å². The van der Waals surface area contributed by atoms with Crippen molar-refractivity contribution in [1.82, 2.24) is 24.8 Å². The molecule has 1 aliphatic carbocycles. The summed E-state index contributed by atoms with van der Waals surface area (Å²) in [6.45, 7) is 4.71. The number of pyridine rings is 2. The molecule has 5 heterocycles. The molecular weight excluding hydrogens is 388 g/mol. The molecule has 0 radical (unpaired) electrons. The Hall–Kier alpha value is -3.35. The van der Waals surface area contributed by atoms with Crippen molar-refractivity contribution in [2.24, 2.45) is 5.92 Å². The predicted molar refractivity (Wildman–Crippen MR) is 119 cm³/mol. The predicted octanol–water partition coefficient (Wildman–Crippen LogP) is 3.66. The fourth-order valence-corrected chi connectivity index (χ4v) is 4.80. The summed E-state index contributed by atoms with van der Waals surface area (Å²) >= 11 is 0. The smallest absolute Gasteiger partial charge is 0.273 e. The number of aromatic nitrogens is 4. The van der Waals surface area contributed by atoms with Crippen LogP contribution in [0.1, 0.15) is 41.0 Å². The maximum atomic E-state index is 13.7. The third-order valence-corrected chi connectivity index (χ3v) is 6.33. The van der Waals surface area contributed by atoms with Gasteiger partial charge in [-0.25, -0.2) is 19.9 Å². The van der Waals surface area contributed by atoms with Crippen LogP contribution >= 0.6 is 0 Å². The molecule has 2 saturated heterocycles. The number of fused-ring (bicyclic) bond motifs is 3. The summed E-state index contributed by atoms with van der Waals surface area (Å²) < 4.78 is 0. The summed E-state index contributed by atoms with van der Waals surface area (Å²) in [6, 6.07) is 9.95. The third kappa shape index (κ3) is 3.87. The SMILES string of the molecule is Cc1ccc(N[C@@H]2C[C@@H]3CC[C@@H]2N(C(=O)c2nc(C)ccc2-c2ncccn2)C3)nc1. The third-order valence-electron chi connectivity index (χ3n) is 6.33. The molecule has 3 aromatic heterocycles. The molecule has 6 rings (SSSR count). The molecule has 3 aromatic rings. The van der Waals surface area contributed by atoms with Gasteiger partial charge in [0.1, 0.15) is 11.5 Å². The molecule has 158 valence electrons. The fraction of sp³-hybridized carbons (Fsp3) is 0.375. The zero-order valence-electron chi connectivity index (χ0n) is 17.8. The van der Waals surface area contributed by atoms with Gasteiger partial charge >= 0.3 is 0 Å². The van der Waals surface area contributed by atoms with Crippen LogP contribution in [0, 0.1) is 19.8 Å². The minimum absolute atomic E-state index is 0.0378. The molecule has 0 unspecified atom stereocenters. The summed E-state index contributed by atoms with van der Waals surface area (Å²) in [4.78, 5) is 33.6. The first kappa shape index (κ1) is 19.6. The summed E-state index contributed by atoms with van der Waals surface area (Å²) in [5.41, 5.74) is 3.06. The first-order chi connectivity index (χ1) is 15.1. The molecule has 7 nitrogen and oxygen atoms in total. The number of nitrogens with one attached hydrogen (secondary N) is 1. The van der Waals surface area contributed by atoms with Crippen LogP contribution in [-0.4, -0.2) is 49.4 Å². The Bertz CT molecular complexity index is 1080. The van der Waals surface area contributed by atoms with Crippen LogP contribution in [0.3, 0.4) is 0 Å². The highest BCUT2D eigenvalue weighted by Gasteiger charge is 2.44. The normalized spacial score (nSPS) is 22.4. The van der Waals surface area contributed by atoms with Gasteiger partial charge in [0.15, 0.2) is 5.82 Å². The lowest BCUT2D eigenvalue weighted by Crippen LogP contribution is -2.60. The van der Waals surface area contributed by atoms with Crippen molar-refractivity contribution < 1.29 is 4.79 Å². The van der Waals surface area contributed by atoms with Crippen molar-refractivity contribution in [2.45, 2.75) is 45.2 Å². The van der Waals surface area contributed by atoms with Crippen LogP contribution in [0.4, 0.5) is 5.82 Å². The second-order valence-corrected chi connectivity index (χ2v) is 8.60. The van der Waals surface area contributed by atoms with E-state index in [0.717, 1.165) is 42.9 Å². The number of nitrogens with zero attached hydrogens (tertiary/aromatic N) is 5. The number of carbonyl (C=O) groups is 1. The van der Waals surface area contributed by atoms with Crippen molar-refractivity contribution in [3.8, 4) is 11.4 Å². The zero-order chi connectivity index (χ0) is 21.4. The second-order valence-electron chi connectivity index (χ2n) is 8.60. The molecule has 31 heavy (non-hydrogen) atoms. The lowest BCUT2D eigenvalue weighted by atomic mass is 9.76. The Kier molecular flexibility index (Phi) is 5.10. The van der Waals surface area contributed by atoms with Gasteiger partial charge in [-0.05, 0) is 68.9 Å². The lowest BCUT2D eigenvalue weighted by Gasteiger charge is -2.50. The molecule has 1 amide bonds. The molecule has 0 spiro atoms. The number of piperidine rings is 2. The van der Waals surface area contributed by atoms with Gasteiger partial charge in [-0.15, -0.1) is 0 Å². The van der Waals surface area contributed by atoms with E-state index in [1.165, 1.54) is 0 Å². The average molecular weight is 415 g/mol. The first-order valence-electron chi connectivity index (χ1n) is 10.8. The van der Waals surface area contributed by atoms with Crippen molar-refractivity contribution >= 4 is 11.7 Å². The largest absolute Gasteiger partial charge is 0.365 e. The second kappa shape index (κ2) is 8.06. The number of hydrogen-bond acceptors (Lipinski definition) is 6. The molecule has 3 fully saturated rings. The molecule has 0 aromatic carbocycles. The van der Waals surface area contributed by atoms with Crippen LogP contribution in [0.25, 0.3) is 11.4 Å². The Morgan fingerprint density at radius 2 is 1.90 bits per heavy atom. The van der Waals surface area contributed by atoms with Gasteiger partial charge < -0.3 is 10.2 Å². The van der Waals surface area contributed by atoms with Crippen molar-refractivity contribution in [3.05, 3.63) is 65.9 Å². The maximum Gasteiger partial charge on any atom is 0.273 e. The van der Waals surface area contributed by atoms with Crippen molar-refractivity contribution in [2.75, 3.05) is 11.9 Å². The Morgan fingerprint density at radius 3 is 2.65 bits per heavy atom. The highest BCUT2D eigenvalue weighted by atomic mass is 16.2. The number of amides is 1. The van der Waals surface area contributed by atoms with E-state index in [1.54, 1.807) is 18.5 Å². The number of rotatable bonds is 4. The van der Waals surface area contributed by atoms with E-state index in [2.05, 4.69) is 31.3 Å². The molecule has 1 N–H and O–H groups in total. The molecule has 3 aliphatic rings. The van der Waals surface area contributed by atoms with Gasteiger partial charge in [-0.2, -0.15) is 0 Å². The van der Waals surface area contributed by atoms with Crippen LogP contribution < -0.4 is 5.32 Å². The molecule has 3 atom stereocenters. The first-order valence-corrected chi connectivity index (χ1v) is 10.8. The number of carbonyl (C=O) groups excluding carboxylic acids is 1. The highest BCUT2D eigenvalue weighted by molar-refractivity contribution is 5.98. The van der Waals surface area contributed by atoms with Gasteiger partial charge in [0.2, 0.25) is 0 Å². The Balaban J connectivity index is 1.44. The molecule has 7 heteroatoms. The standard InChI is InChI=1S/C24H26N6O/c1-15-4-9-21(27-13-15)29-19-12-17-6-8-20(19)30(14-17)24(31)22-18(7-5-16(2)28-22)23-25-10-3-11-26-23/h3-5,7,9-11,13,17,19-20H,6,8,12,14H2,1-2H3,(H,27,29)/t17-,19+,20-/m0/s1. The van der Waals surface area contributed by atoms with E-state index in [4.69, 9.17) is 0 Å². The molecule has 2 aliphatic heterocycles. The van der Waals surface area contributed by atoms with Crippen LogP contribution in [0.5, 0.6) is 0 Å². The lowest BCUT2D eigenvalue weighted by molar-refractivity contribution is 0.0277. The van der Waals surface area contributed by atoms with Crippen molar-refractivity contribution in [1.29, 1.82) is 0 Å². The maximum absolute atomic E-state index is 13.7. The zero-order valence-corrected chi connectivity index (χ0v) is 17.8. The monoisotopic (exact) mass is 414 g/mol. The average Bonchev–Trinajstić information content (AvgIpc) is 2.81. The van der Waals surface area contributed by atoms with E-state index in [1.807, 2.05) is 43.1 Å². The summed E-state index contributed by atoms with van der Waals surface area (Å²) in [5.74, 6) is 1.84. The van der Waals surface area contributed by atoms with Gasteiger partial charge in [0, 0.05) is 36.9 Å². The summed E-state index contributed by atoms with van der Waals surface area (Å²) in [7, 11) is 0. The number of aryl methyl sites for hydroxylation is 2. The molecule has 1 saturated carbocycles. The van der Waals surface area contributed by atoms with Gasteiger partial charge in [-0.3, -0.25) is 4.79 Å². The number of anilines is 1. The van der Waals surface area contributed by atoms with E-state index in [9.17, 15) is 4.79 Å². The molecular formula is C24H26N6O. The van der Waals surface area contributed by atoms with Crippen LogP contribution in [-0.2, 0) is 0 Å². The van der Waals surface area contributed by atoms with Crippen molar-refractivity contribution in [3.63, 3.8) is 0 Å². The summed E-state index contributed by atoms with van der Waals surface area (Å²) in [5, 5.41) is 3.58. The topological polar surface area (TPSA) is 83.9 Å². The minimum atomic E-state index is -0.0378. The van der Waals surface area contributed by atoms with E-state index in [-0.39, 0.29) is 18.0 Å². The van der Waals surface area contributed by atoms with E-state index < -0.39 is 0 Å². The van der Waals surface area contributed by atoms with Gasteiger partial charge in [-0.1, -0.05) is 6.07 Å². The van der Waals surface area contributed by atoms with Crippen LogP contribution in [0.15, 0.2) is 48.9 Å². The van der Waals surface area contributed by atoms with Gasteiger partial charge in [0.25, 0.3) is 5.91 Å². The minimum Gasteiger partial charge on any atom is -0.365 e. The van der Waals surface area contributed by atoms with E-state index >= 15 is 0 Å². The highest BCUT2D eigenvalue weighted by Crippen LogP contribution is 2.38. The Morgan fingerprint density at radius 1 is 1.06 bits per heavy atom. The summed E-state index contributed by atoms with van der Waals surface area (Å²) in [6.07, 6.45) is 8.45. The Labute approximate surface area is 182 Å². The number of hydrogen-bond donors (Lipinski definition) is 1.